The molecule has 138 valence electrons. The summed E-state index contributed by atoms with van der Waals surface area (Å²) >= 11 is 0. The molecule has 25 heavy (non-hydrogen) atoms. The molecule has 1 N–H and O–H groups in total. The molecule has 1 atom stereocenters. The molecule has 1 aromatic rings. The Morgan fingerprint density at radius 1 is 1.32 bits per heavy atom. The molecule has 0 bridgehead atoms. The van der Waals surface area contributed by atoms with E-state index >= 15 is 0 Å². The normalized spacial score (nSPS) is 24.8. The number of pyridine rings is 1. The smallest absolute Gasteiger partial charge is 0.228 e. The summed E-state index contributed by atoms with van der Waals surface area (Å²) < 4.78 is 23.5. The van der Waals surface area contributed by atoms with Gasteiger partial charge in [-0.25, -0.2) is 13.4 Å². The van der Waals surface area contributed by atoms with Gasteiger partial charge in [-0.3, -0.25) is 4.79 Å². The summed E-state index contributed by atoms with van der Waals surface area (Å²) in [5, 5.41) is 2.91. The molecular weight excluding hydrogens is 338 g/mol. The molecule has 0 aromatic carbocycles. The highest BCUT2D eigenvalue weighted by molar-refractivity contribution is 7.91. The number of piperidine rings is 1. The Bertz CT molecular complexity index is 712. The molecule has 1 aromatic heterocycles. The number of anilines is 1. The van der Waals surface area contributed by atoms with Crippen LogP contribution in [0.4, 0.5) is 5.82 Å². The van der Waals surface area contributed by atoms with Gasteiger partial charge in [-0.15, -0.1) is 0 Å². The van der Waals surface area contributed by atoms with Crippen molar-refractivity contribution in [3.63, 3.8) is 0 Å². The van der Waals surface area contributed by atoms with Gasteiger partial charge in [-0.05, 0) is 69.3 Å². The molecule has 6 nitrogen and oxygen atoms in total. The van der Waals surface area contributed by atoms with Crippen LogP contribution in [0.2, 0.25) is 0 Å². The Kier molecular flexibility index (Phi) is 5.74. The molecule has 7 heteroatoms. The zero-order valence-corrected chi connectivity index (χ0v) is 15.6. The summed E-state index contributed by atoms with van der Waals surface area (Å²) in [6, 6.07) is 3.77. The predicted octanol–water partition coefficient (Wildman–Crippen LogP) is 1.87. The van der Waals surface area contributed by atoms with E-state index in [1.54, 1.807) is 6.20 Å². The fourth-order valence-corrected chi connectivity index (χ4v) is 5.60. The van der Waals surface area contributed by atoms with Crippen LogP contribution >= 0.6 is 0 Å². The van der Waals surface area contributed by atoms with Gasteiger partial charge >= 0.3 is 0 Å². The molecule has 2 saturated heterocycles. The van der Waals surface area contributed by atoms with E-state index < -0.39 is 9.84 Å². The number of hydrogen-bond donors (Lipinski definition) is 1. The Hall–Kier alpha value is -1.47. The van der Waals surface area contributed by atoms with Crippen LogP contribution in [0.3, 0.4) is 0 Å². The second-order valence-corrected chi connectivity index (χ2v) is 9.63. The number of amides is 1. The lowest BCUT2D eigenvalue weighted by molar-refractivity contribution is -0.121. The molecule has 0 aliphatic carbocycles. The zero-order valence-electron chi connectivity index (χ0n) is 14.8. The Balaban J connectivity index is 1.46. The van der Waals surface area contributed by atoms with Gasteiger partial charge in [0, 0.05) is 18.7 Å². The number of nitrogens with zero attached hydrogens (tertiary/aromatic N) is 2. The number of likely N-dealkylation sites (tertiary alicyclic amines) is 1. The first kappa shape index (κ1) is 18.3. The highest BCUT2D eigenvalue weighted by Gasteiger charge is 2.29. The summed E-state index contributed by atoms with van der Waals surface area (Å²) in [6.45, 7) is 4.53. The average molecular weight is 365 g/mol. The second-order valence-electron chi connectivity index (χ2n) is 7.41. The molecule has 0 spiro atoms. The van der Waals surface area contributed by atoms with Crippen molar-refractivity contribution < 1.29 is 13.2 Å². The topological polar surface area (TPSA) is 79.4 Å². The lowest BCUT2D eigenvalue weighted by atomic mass is 9.94. The molecule has 3 rings (SSSR count). The average Bonchev–Trinajstić information content (AvgIpc) is 2.54. The van der Waals surface area contributed by atoms with E-state index in [0.717, 1.165) is 50.9 Å². The van der Waals surface area contributed by atoms with E-state index in [9.17, 15) is 13.2 Å². The largest absolute Gasteiger partial charge is 0.310 e. The molecule has 0 saturated carbocycles. The number of carbonyl (C=O) groups excluding carboxylic acids is 1. The Labute approximate surface area is 149 Å². The van der Waals surface area contributed by atoms with Gasteiger partial charge in [0.1, 0.15) is 5.82 Å². The summed E-state index contributed by atoms with van der Waals surface area (Å²) in [5.74, 6) is 1.58. The van der Waals surface area contributed by atoms with Crippen LogP contribution in [0, 0.1) is 18.8 Å². The van der Waals surface area contributed by atoms with Gasteiger partial charge in [0.2, 0.25) is 5.91 Å². The molecular formula is C18H27N3O3S. The fourth-order valence-electron chi connectivity index (χ4n) is 3.84. The highest BCUT2D eigenvalue weighted by Crippen LogP contribution is 2.24. The predicted molar refractivity (Wildman–Crippen MR) is 98.1 cm³/mol. The van der Waals surface area contributed by atoms with Crippen molar-refractivity contribution in [3.05, 3.63) is 23.9 Å². The third-order valence-corrected chi connectivity index (χ3v) is 7.09. The maximum absolute atomic E-state index is 12.4. The third kappa shape index (κ3) is 5.25. The molecule has 2 aliphatic rings. The van der Waals surface area contributed by atoms with Crippen molar-refractivity contribution in [2.75, 3.05) is 36.5 Å². The van der Waals surface area contributed by atoms with Crippen LogP contribution in [0.25, 0.3) is 0 Å². The van der Waals surface area contributed by atoms with Crippen molar-refractivity contribution in [1.29, 1.82) is 0 Å². The van der Waals surface area contributed by atoms with Crippen LogP contribution in [0.15, 0.2) is 18.3 Å². The number of aromatic nitrogens is 1. The number of rotatable bonds is 4. The van der Waals surface area contributed by atoms with Crippen LogP contribution in [-0.2, 0) is 14.6 Å². The zero-order chi connectivity index (χ0) is 17.9. The van der Waals surface area contributed by atoms with Crippen LogP contribution in [0.1, 0.15) is 31.2 Å². The minimum Gasteiger partial charge on any atom is -0.310 e. The maximum Gasteiger partial charge on any atom is 0.228 e. The quantitative estimate of drug-likeness (QED) is 0.881. The maximum atomic E-state index is 12.4. The Morgan fingerprint density at radius 3 is 2.76 bits per heavy atom. The molecule has 0 unspecified atom stereocenters. The minimum absolute atomic E-state index is 0.00801. The number of nitrogens with one attached hydrogen (secondary N) is 1. The van der Waals surface area contributed by atoms with Gasteiger partial charge < -0.3 is 10.2 Å². The first-order valence-electron chi connectivity index (χ1n) is 9.07. The van der Waals surface area contributed by atoms with Gasteiger partial charge in [0.15, 0.2) is 9.84 Å². The summed E-state index contributed by atoms with van der Waals surface area (Å²) in [7, 11) is -2.84. The van der Waals surface area contributed by atoms with Crippen LogP contribution in [-0.4, -0.2) is 55.3 Å². The van der Waals surface area contributed by atoms with E-state index in [2.05, 4.69) is 15.2 Å². The van der Waals surface area contributed by atoms with E-state index in [1.165, 1.54) is 0 Å². The van der Waals surface area contributed by atoms with E-state index in [1.807, 2.05) is 19.1 Å². The van der Waals surface area contributed by atoms with Gasteiger partial charge in [-0.2, -0.15) is 0 Å². The number of carbonyl (C=O) groups is 1. The van der Waals surface area contributed by atoms with Crippen molar-refractivity contribution in [2.24, 2.45) is 11.8 Å². The van der Waals surface area contributed by atoms with Crippen molar-refractivity contribution in [2.45, 2.75) is 32.6 Å². The summed E-state index contributed by atoms with van der Waals surface area (Å²) in [6.07, 6.45) is 5.12. The standard InChI is InChI=1S/C18H27N3O3S/c1-14-4-7-19-17(11-14)20-18(22)16-5-8-21(9-6-16)12-15-3-2-10-25(23,24)13-15/h4,7,11,15-16H,2-3,5-6,8-10,12-13H2,1H3,(H,19,20,22)/t15-/m0/s1. The first-order valence-corrected chi connectivity index (χ1v) is 10.9. The number of sulfone groups is 1. The Morgan fingerprint density at radius 2 is 2.08 bits per heavy atom. The molecule has 2 fully saturated rings. The van der Waals surface area contributed by atoms with Gasteiger partial charge in [0.05, 0.1) is 11.5 Å². The SMILES string of the molecule is Cc1ccnc(NC(=O)C2CCN(C[C@@H]3CCCS(=O)(=O)C3)CC2)c1. The monoisotopic (exact) mass is 365 g/mol. The number of hydrogen-bond acceptors (Lipinski definition) is 5. The first-order chi connectivity index (χ1) is 11.9. The van der Waals surface area contributed by atoms with E-state index in [0.29, 0.717) is 17.3 Å². The van der Waals surface area contributed by atoms with Crippen molar-refractivity contribution in [1.82, 2.24) is 9.88 Å². The molecule has 3 heterocycles. The van der Waals surface area contributed by atoms with Crippen molar-refractivity contribution >= 4 is 21.6 Å². The third-order valence-electron chi connectivity index (χ3n) is 5.20. The second kappa shape index (κ2) is 7.83. The molecule has 0 radical (unpaired) electrons. The highest BCUT2D eigenvalue weighted by atomic mass is 32.2. The summed E-state index contributed by atoms with van der Waals surface area (Å²) in [5.41, 5.74) is 1.07. The summed E-state index contributed by atoms with van der Waals surface area (Å²) in [4.78, 5) is 18.9. The van der Waals surface area contributed by atoms with Crippen LogP contribution < -0.4 is 5.32 Å². The van der Waals surface area contributed by atoms with E-state index in [4.69, 9.17) is 0 Å². The van der Waals surface area contributed by atoms with E-state index in [-0.39, 0.29) is 17.7 Å². The fraction of sp³-hybridized carbons (Fsp3) is 0.667. The lowest BCUT2D eigenvalue weighted by Gasteiger charge is -2.34. The molecule has 1 amide bonds. The lowest BCUT2D eigenvalue weighted by Crippen LogP contribution is -2.42. The van der Waals surface area contributed by atoms with Crippen LogP contribution in [0.5, 0.6) is 0 Å². The number of aryl methyl sites for hydroxylation is 1. The van der Waals surface area contributed by atoms with Gasteiger partial charge in [0.25, 0.3) is 0 Å². The van der Waals surface area contributed by atoms with Crippen molar-refractivity contribution in [3.8, 4) is 0 Å². The minimum atomic E-state index is -2.84. The van der Waals surface area contributed by atoms with Gasteiger partial charge in [-0.1, -0.05) is 0 Å². The molecule has 2 aliphatic heterocycles.